The number of aromatic amines is 1. The van der Waals surface area contributed by atoms with E-state index in [4.69, 9.17) is 10.2 Å². The van der Waals surface area contributed by atoms with E-state index in [-0.39, 0.29) is 18.3 Å². The zero-order chi connectivity index (χ0) is 13.7. The first kappa shape index (κ1) is 15.8. The Morgan fingerprint density at radius 2 is 2.20 bits per heavy atom. The lowest BCUT2D eigenvalue weighted by Crippen LogP contribution is -3.00. The normalized spacial score (nSPS) is 9.65. The number of hydrogen-bond donors (Lipinski definition) is 3. The highest BCUT2D eigenvalue weighted by Gasteiger charge is 2.09. The van der Waals surface area contributed by atoms with Crippen molar-refractivity contribution < 1.29 is 26.6 Å². The number of furan rings is 1. The van der Waals surface area contributed by atoms with Gasteiger partial charge in [-0.15, -0.1) is 0 Å². The summed E-state index contributed by atoms with van der Waals surface area (Å²) in [7, 11) is 0. The van der Waals surface area contributed by atoms with Gasteiger partial charge in [-0.2, -0.15) is 0 Å². The maximum Gasteiger partial charge on any atom is 0.241 e. The molecule has 2 heterocycles. The fourth-order valence-corrected chi connectivity index (χ4v) is 1.56. The second-order valence-electron chi connectivity index (χ2n) is 4.03. The molecule has 108 valence electrons. The lowest BCUT2D eigenvalue weighted by atomic mass is 10.3. The Hall–Kier alpha value is -2.21. The van der Waals surface area contributed by atoms with Gasteiger partial charge in [-0.05, 0) is 18.2 Å². The first-order chi connectivity index (χ1) is 9.19. The predicted molar refractivity (Wildman–Crippen MR) is 72.4 cm³/mol. The molecular formula is C13H17ClN4O2. The first-order valence-corrected chi connectivity index (χ1v) is 6.07. The highest BCUT2D eigenvalue weighted by atomic mass is 35.5. The van der Waals surface area contributed by atoms with Crippen molar-refractivity contribution in [2.24, 2.45) is 0 Å². The molecule has 0 saturated heterocycles. The topological polar surface area (TPSA) is 94.4 Å². The number of H-pyrrole nitrogens is 1. The summed E-state index contributed by atoms with van der Waals surface area (Å²) in [4.78, 5) is 14.3. The van der Waals surface area contributed by atoms with Crippen LogP contribution in [-0.2, 0) is 11.3 Å². The third-order valence-corrected chi connectivity index (χ3v) is 2.60. The van der Waals surface area contributed by atoms with Crippen molar-refractivity contribution in [2.45, 2.75) is 19.9 Å². The molecular weight excluding hydrogens is 280 g/mol. The van der Waals surface area contributed by atoms with Gasteiger partial charge < -0.3 is 27.9 Å². The number of nitrogens with one attached hydrogen (secondary N) is 3. The highest BCUT2D eigenvalue weighted by molar-refractivity contribution is 5.92. The molecule has 2 rings (SSSR count). The summed E-state index contributed by atoms with van der Waals surface area (Å²) >= 11 is 0. The second-order valence-corrected chi connectivity index (χ2v) is 4.03. The third-order valence-electron chi connectivity index (χ3n) is 2.60. The van der Waals surface area contributed by atoms with Gasteiger partial charge in [-0.1, -0.05) is 6.92 Å². The van der Waals surface area contributed by atoms with E-state index >= 15 is 0 Å². The van der Waals surface area contributed by atoms with E-state index in [0.29, 0.717) is 24.5 Å². The molecule has 2 aromatic rings. The summed E-state index contributed by atoms with van der Waals surface area (Å²) in [6.07, 6.45) is 2.04. The van der Waals surface area contributed by atoms with Crippen LogP contribution in [0.15, 0.2) is 34.9 Å². The molecule has 0 unspecified atom stereocenters. The summed E-state index contributed by atoms with van der Waals surface area (Å²) in [5, 5.41) is 5.86. The first-order valence-electron chi connectivity index (χ1n) is 6.07. The Balaban J connectivity index is 0.00000200. The number of aromatic nitrogens is 1. The van der Waals surface area contributed by atoms with Crippen molar-refractivity contribution >= 4 is 23.2 Å². The van der Waals surface area contributed by atoms with Gasteiger partial charge in [0.15, 0.2) is 0 Å². The average Bonchev–Trinajstić information content (AvgIpc) is 2.92. The van der Waals surface area contributed by atoms with E-state index in [1.807, 2.05) is 18.2 Å². The van der Waals surface area contributed by atoms with Gasteiger partial charge in [-0.3, -0.25) is 10.1 Å². The molecule has 2 aromatic heterocycles. The zero-order valence-corrected chi connectivity index (χ0v) is 11.8. The van der Waals surface area contributed by atoms with E-state index < -0.39 is 0 Å². The van der Waals surface area contributed by atoms with Gasteiger partial charge in [0.05, 0.1) is 6.26 Å². The van der Waals surface area contributed by atoms with Crippen LogP contribution < -0.4 is 33.8 Å². The summed E-state index contributed by atoms with van der Waals surface area (Å²) in [5.74, 6) is 1.92. The van der Waals surface area contributed by atoms with Crippen LogP contribution in [-0.4, -0.2) is 5.91 Å². The molecule has 0 radical (unpaired) electrons. The summed E-state index contributed by atoms with van der Waals surface area (Å²) in [6, 6.07) is 7.28. The minimum Gasteiger partial charge on any atom is -1.00 e. The number of carbonyl (C=O) groups is 1. The molecule has 7 heteroatoms. The minimum absolute atomic E-state index is 0. The fraction of sp³-hybridized carbons (Fsp3) is 0.231. The number of nitrogens with two attached hydrogens (primary N) is 1. The van der Waals surface area contributed by atoms with Crippen LogP contribution in [0.25, 0.3) is 0 Å². The molecule has 0 aliphatic rings. The van der Waals surface area contributed by atoms with Gasteiger partial charge >= 0.3 is 0 Å². The average molecular weight is 297 g/mol. The van der Waals surface area contributed by atoms with E-state index in [1.165, 1.54) is 0 Å². The Bertz CT molecular complexity index is 558. The smallest absolute Gasteiger partial charge is 0.241 e. The number of halogens is 1. The van der Waals surface area contributed by atoms with Gasteiger partial charge in [0.25, 0.3) is 0 Å². The van der Waals surface area contributed by atoms with Crippen LogP contribution in [0.5, 0.6) is 0 Å². The lowest BCUT2D eigenvalue weighted by Gasteiger charge is -2.06. The molecule has 0 spiro atoms. The SMILES string of the molecule is CCC(=O)Nc1ccc(NCc2ccco2)[nH+]c1N.[Cl-]. The largest absolute Gasteiger partial charge is 1.00 e. The molecule has 0 aliphatic heterocycles. The predicted octanol–water partition coefficient (Wildman–Crippen LogP) is -1.36. The zero-order valence-electron chi connectivity index (χ0n) is 11.1. The number of nitrogen functional groups attached to an aromatic ring is 1. The number of rotatable bonds is 5. The highest BCUT2D eigenvalue weighted by Crippen LogP contribution is 2.15. The molecule has 0 aromatic carbocycles. The Morgan fingerprint density at radius 1 is 1.40 bits per heavy atom. The maximum atomic E-state index is 11.3. The Morgan fingerprint density at radius 3 is 2.80 bits per heavy atom. The van der Waals surface area contributed by atoms with Crippen LogP contribution in [0.4, 0.5) is 17.3 Å². The Kier molecular flexibility index (Phi) is 5.86. The molecule has 20 heavy (non-hydrogen) atoms. The number of carbonyl (C=O) groups excluding carboxylic acids is 1. The maximum absolute atomic E-state index is 11.3. The molecule has 0 bridgehead atoms. The number of pyridine rings is 1. The van der Waals surface area contributed by atoms with Crippen LogP contribution in [0.1, 0.15) is 19.1 Å². The number of hydrogen-bond acceptors (Lipinski definition) is 4. The third kappa shape index (κ3) is 4.17. The molecule has 5 N–H and O–H groups in total. The summed E-state index contributed by atoms with van der Waals surface area (Å²) in [6.45, 7) is 2.35. The molecule has 6 nitrogen and oxygen atoms in total. The van der Waals surface area contributed by atoms with Crippen molar-refractivity contribution in [3.8, 4) is 0 Å². The van der Waals surface area contributed by atoms with E-state index in [2.05, 4.69) is 15.6 Å². The quantitative estimate of drug-likeness (QED) is 0.635. The van der Waals surface area contributed by atoms with Crippen LogP contribution >= 0.6 is 0 Å². The van der Waals surface area contributed by atoms with Gasteiger partial charge in [0.2, 0.25) is 17.5 Å². The van der Waals surface area contributed by atoms with Gasteiger partial charge in [-0.25, -0.2) is 4.98 Å². The van der Waals surface area contributed by atoms with E-state index in [1.54, 1.807) is 19.3 Å². The summed E-state index contributed by atoms with van der Waals surface area (Å²) in [5.41, 5.74) is 6.42. The fourth-order valence-electron chi connectivity index (χ4n) is 1.56. The monoisotopic (exact) mass is 296 g/mol. The van der Waals surface area contributed by atoms with Crippen LogP contribution in [0.2, 0.25) is 0 Å². The van der Waals surface area contributed by atoms with Crippen molar-refractivity contribution in [1.29, 1.82) is 0 Å². The van der Waals surface area contributed by atoms with Crippen molar-refractivity contribution in [3.05, 3.63) is 36.3 Å². The lowest BCUT2D eigenvalue weighted by molar-refractivity contribution is -0.342. The van der Waals surface area contributed by atoms with Crippen molar-refractivity contribution in [1.82, 2.24) is 0 Å². The van der Waals surface area contributed by atoms with E-state index in [9.17, 15) is 4.79 Å². The molecule has 0 fully saturated rings. The van der Waals surface area contributed by atoms with Crippen LogP contribution in [0.3, 0.4) is 0 Å². The molecule has 0 atom stereocenters. The molecule has 1 amide bonds. The van der Waals surface area contributed by atoms with Gasteiger partial charge in [0.1, 0.15) is 18.0 Å². The minimum atomic E-state index is -0.0728. The number of amides is 1. The Labute approximate surface area is 123 Å². The molecule has 0 saturated carbocycles. The van der Waals surface area contributed by atoms with Crippen molar-refractivity contribution in [3.63, 3.8) is 0 Å². The van der Waals surface area contributed by atoms with E-state index in [0.717, 1.165) is 11.6 Å². The summed E-state index contributed by atoms with van der Waals surface area (Å²) < 4.78 is 5.21. The second kappa shape index (κ2) is 7.40. The molecule has 0 aliphatic carbocycles. The van der Waals surface area contributed by atoms with Crippen molar-refractivity contribution in [2.75, 3.05) is 16.4 Å². The van der Waals surface area contributed by atoms with Crippen LogP contribution in [0, 0.1) is 0 Å². The number of anilines is 3. The standard InChI is InChI=1S/C13H16N4O2.ClH/c1-2-12(18)16-10-5-6-11(17-13(10)14)15-8-9-4-3-7-19-9;/h3-7H,2,8H2,1H3,(H,16,18)(H3,14,15,17);1H. The van der Waals surface area contributed by atoms with Gasteiger partial charge in [0, 0.05) is 12.5 Å².